The predicted octanol–water partition coefficient (Wildman–Crippen LogP) is 7.61. The van der Waals surface area contributed by atoms with Gasteiger partial charge in [-0.05, 0) is 45.8 Å². The molecule has 0 amide bonds. The molecule has 0 saturated carbocycles. The van der Waals surface area contributed by atoms with E-state index in [0.29, 0.717) is 0 Å². The quantitative estimate of drug-likeness (QED) is 0.253. The molecule has 114 valence electrons. The molecule has 5 aromatic rings. The second-order valence-corrected chi connectivity index (χ2v) is 6.87. The van der Waals surface area contributed by atoms with Gasteiger partial charge in [0.15, 0.2) is 0 Å². The number of rotatable bonds is 0. The molecule has 0 fully saturated rings. The Morgan fingerprint density at radius 1 is 0.417 bits per heavy atom. The molecule has 0 heterocycles. The highest BCUT2D eigenvalue weighted by atomic mass is 35.5. The van der Waals surface area contributed by atoms with Crippen molar-refractivity contribution in [2.24, 2.45) is 0 Å². The van der Waals surface area contributed by atoms with E-state index in [2.05, 4.69) is 48.5 Å². The van der Waals surface area contributed by atoms with Gasteiger partial charge in [0, 0.05) is 21.5 Å². The van der Waals surface area contributed by atoms with E-state index in [9.17, 15) is 0 Å². The Hall–Kier alpha value is -2.28. The summed E-state index contributed by atoms with van der Waals surface area (Å²) in [6.45, 7) is 0. The number of fused-ring (bicyclic) bond motifs is 4. The largest absolute Gasteiger partial charge is 0.0830 e. The summed E-state index contributed by atoms with van der Waals surface area (Å²) in [6.07, 6.45) is 0. The van der Waals surface area contributed by atoms with Gasteiger partial charge in [0.25, 0.3) is 0 Å². The minimum atomic E-state index is 0.765. The van der Waals surface area contributed by atoms with E-state index in [1.165, 1.54) is 21.5 Å². The van der Waals surface area contributed by atoms with Crippen LogP contribution >= 0.6 is 23.2 Å². The topological polar surface area (TPSA) is 0 Å². The number of benzene rings is 5. The van der Waals surface area contributed by atoms with Crippen LogP contribution in [0.3, 0.4) is 0 Å². The molecule has 0 saturated heterocycles. The summed E-state index contributed by atoms with van der Waals surface area (Å²) in [5.74, 6) is 0. The van der Waals surface area contributed by atoms with Gasteiger partial charge in [-0.25, -0.2) is 0 Å². The highest BCUT2D eigenvalue weighted by Crippen LogP contribution is 2.42. The lowest BCUT2D eigenvalue weighted by Crippen LogP contribution is -1.85. The Balaban J connectivity index is 2.04. The van der Waals surface area contributed by atoms with Crippen molar-refractivity contribution in [2.45, 2.75) is 0 Å². The van der Waals surface area contributed by atoms with Gasteiger partial charge in [0.05, 0.1) is 10.0 Å². The maximum atomic E-state index is 6.79. The van der Waals surface area contributed by atoms with Crippen LogP contribution in [0.2, 0.25) is 10.0 Å². The Labute approximate surface area is 149 Å². The van der Waals surface area contributed by atoms with Gasteiger partial charge in [0.1, 0.15) is 0 Å². The molecule has 0 spiro atoms. The van der Waals surface area contributed by atoms with E-state index >= 15 is 0 Å². The van der Waals surface area contributed by atoms with Crippen LogP contribution in [0.1, 0.15) is 0 Å². The van der Waals surface area contributed by atoms with Crippen molar-refractivity contribution < 1.29 is 0 Å². The molecule has 0 bridgehead atoms. The molecule has 2 heteroatoms. The van der Waals surface area contributed by atoms with E-state index in [4.69, 9.17) is 23.2 Å². The minimum absolute atomic E-state index is 0.765. The van der Waals surface area contributed by atoms with Gasteiger partial charge < -0.3 is 0 Å². The Morgan fingerprint density at radius 2 is 0.667 bits per heavy atom. The van der Waals surface area contributed by atoms with E-state index in [1.54, 1.807) is 0 Å². The number of hydrogen-bond acceptors (Lipinski definition) is 0. The normalized spacial score (nSPS) is 11.8. The summed E-state index contributed by atoms with van der Waals surface area (Å²) in [4.78, 5) is 0. The zero-order valence-corrected chi connectivity index (χ0v) is 14.2. The molecular weight excluding hydrogens is 335 g/mol. The second kappa shape index (κ2) is 5.11. The molecule has 24 heavy (non-hydrogen) atoms. The first-order chi connectivity index (χ1) is 11.7. The summed E-state index contributed by atoms with van der Waals surface area (Å²) in [7, 11) is 0. The highest BCUT2D eigenvalue weighted by Gasteiger charge is 2.13. The molecule has 0 aliphatic carbocycles. The summed E-state index contributed by atoms with van der Waals surface area (Å²) in [5.41, 5.74) is 0. The summed E-state index contributed by atoms with van der Waals surface area (Å²) < 4.78 is 0. The van der Waals surface area contributed by atoms with Gasteiger partial charge in [0.2, 0.25) is 0 Å². The molecule has 0 radical (unpaired) electrons. The van der Waals surface area contributed by atoms with Crippen molar-refractivity contribution in [1.82, 2.24) is 0 Å². The molecule has 5 rings (SSSR count). The van der Waals surface area contributed by atoms with Crippen molar-refractivity contribution >= 4 is 66.3 Å². The van der Waals surface area contributed by atoms with Crippen LogP contribution in [-0.2, 0) is 0 Å². The highest BCUT2D eigenvalue weighted by molar-refractivity contribution is 6.48. The van der Waals surface area contributed by atoms with Gasteiger partial charge in [-0.1, -0.05) is 71.7 Å². The summed E-state index contributed by atoms with van der Waals surface area (Å²) >= 11 is 13.6. The summed E-state index contributed by atoms with van der Waals surface area (Å²) in [5, 5.41) is 10.2. The van der Waals surface area contributed by atoms with Crippen LogP contribution in [0.25, 0.3) is 43.1 Å². The monoisotopic (exact) mass is 346 g/mol. The van der Waals surface area contributed by atoms with E-state index in [0.717, 1.165) is 31.6 Å². The number of halogens is 2. The third kappa shape index (κ3) is 1.94. The third-order valence-corrected chi connectivity index (χ3v) is 5.53. The van der Waals surface area contributed by atoms with Crippen LogP contribution in [0.15, 0.2) is 72.8 Å². The maximum Gasteiger partial charge on any atom is 0.0564 e. The zero-order valence-electron chi connectivity index (χ0n) is 12.7. The van der Waals surface area contributed by atoms with Gasteiger partial charge in [-0.15, -0.1) is 0 Å². The first kappa shape index (κ1) is 14.1. The average molecular weight is 347 g/mol. The van der Waals surface area contributed by atoms with Crippen molar-refractivity contribution in [3.05, 3.63) is 82.8 Å². The van der Waals surface area contributed by atoms with Crippen molar-refractivity contribution in [1.29, 1.82) is 0 Å². The Bertz CT molecular complexity index is 1070. The van der Waals surface area contributed by atoms with Crippen molar-refractivity contribution in [3.63, 3.8) is 0 Å². The van der Waals surface area contributed by atoms with Crippen molar-refractivity contribution in [2.75, 3.05) is 0 Å². The Kier molecular flexibility index (Phi) is 3.00. The van der Waals surface area contributed by atoms with E-state index in [-0.39, 0.29) is 0 Å². The molecule has 0 aliphatic heterocycles. The SMILES string of the molecule is Clc1c2cc3ccccc3cc2c(Cl)c2cc3ccccc3cc12. The standard InChI is InChI=1S/C22H12Cl2/c23-21-17-9-13-5-1-2-6-14(13)10-18(17)22(24)20-12-16-8-4-3-7-15(16)11-19(20)21/h1-12H. The first-order valence-electron chi connectivity index (χ1n) is 7.84. The molecule has 0 N–H and O–H groups in total. The lowest BCUT2D eigenvalue weighted by atomic mass is 9.97. The molecule has 0 aliphatic rings. The number of hydrogen-bond donors (Lipinski definition) is 0. The average Bonchev–Trinajstić information content (AvgIpc) is 2.64. The zero-order chi connectivity index (χ0) is 16.3. The molecule has 0 unspecified atom stereocenters. The molecule has 0 atom stereocenters. The van der Waals surface area contributed by atoms with Crippen LogP contribution in [-0.4, -0.2) is 0 Å². The molecule has 0 nitrogen and oxygen atoms in total. The fourth-order valence-electron chi connectivity index (χ4n) is 3.50. The smallest absolute Gasteiger partial charge is 0.0564 e. The Morgan fingerprint density at radius 3 is 0.917 bits per heavy atom. The van der Waals surface area contributed by atoms with Crippen LogP contribution in [0.5, 0.6) is 0 Å². The molecule has 0 aromatic heterocycles. The maximum absolute atomic E-state index is 6.79. The van der Waals surface area contributed by atoms with Crippen LogP contribution < -0.4 is 0 Å². The van der Waals surface area contributed by atoms with Crippen LogP contribution in [0.4, 0.5) is 0 Å². The predicted molar refractivity (Wildman–Crippen MR) is 106 cm³/mol. The van der Waals surface area contributed by atoms with E-state index in [1.807, 2.05) is 24.3 Å². The fraction of sp³-hybridized carbons (Fsp3) is 0. The van der Waals surface area contributed by atoms with E-state index < -0.39 is 0 Å². The molecular formula is C22H12Cl2. The second-order valence-electron chi connectivity index (χ2n) is 6.12. The van der Waals surface area contributed by atoms with Gasteiger partial charge in [-0.3, -0.25) is 0 Å². The van der Waals surface area contributed by atoms with Gasteiger partial charge in [-0.2, -0.15) is 0 Å². The fourth-order valence-corrected chi connectivity index (χ4v) is 4.12. The summed E-state index contributed by atoms with van der Waals surface area (Å²) in [6, 6.07) is 25.1. The van der Waals surface area contributed by atoms with Crippen LogP contribution in [0, 0.1) is 0 Å². The lowest BCUT2D eigenvalue weighted by molar-refractivity contribution is 1.77. The van der Waals surface area contributed by atoms with Crippen molar-refractivity contribution in [3.8, 4) is 0 Å². The van der Waals surface area contributed by atoms with Gasteiger partial charge >= 0.3 is 0 Å². The minimum Gasteiger partial charge on any atom is -0.0830 e. The molecule has 5 aromatic carbocycles. The third-order valence-electron chi connectivity index (χ3n) is 4.72. The first-order valence-corrected chi connectivity index (χ1v) is 8.60. The lowest BCUT2D eigenvalue weighted by Gasteiger charge is -2.12.